The number of ketones is 1. The van der Waals surface area contributed by atoms with Crippen molar-refractivity contribution in [1.29, 1.82) is 0 Å². The van der Waals surface area contributed by atoms with E-state index in [1.165, 1.54) is 6.92 Å². The number of H-pyrrole nitrogens is 1. The third-order valence-corrected chi connectivity index (χ3v) is 3.72. The monoisotopic (exact) mass is 292 g/mol. The van der Waals surface area contributed by atoms with Crippen LogP contribution in [0.3, 0.4) is 0 Å². The molecule has 0 fully saturated rings. The summed E-state index contributed by atoms with van der Waals surface area (Å²) >= 11 is 0. The van der Waals surface area contributed by atoms with Crippen molar-refractivity contribution in [2.75, 3.05) is 5.32 Å². The number of hydrogen-bond donors (Lipinski definition) is 2. The molecule has 1 amide bonds. The predicted molar refractivity (Wildman–Crippen MR) is 87.4 cm³/mol. The first-order chi connectivity index (χ1) is 10.6. The van der Waals surface area contributed by atoms with Gasteiger partial charge in [0.1, 0.15) is 5.69 Å². The van der Waals surface area contributed by atoms with Gasteiger partial charge in [0.05, 0.1) is 0 Å². The van der Waals surface area contributed by atoms with E-state index < -0.39 is 0 Å². The Morgan fingerprint density at radius 1 is 1.05 bits per heavy atom. The Hall–Kier alpha value is -2.88. The maximum absolute atomic E-state index is 12.5. The fraction of sp³-hybridized carbons (Fsp3) is 0.111. The first-order valence-electron chi connectivity index (χ1n) is 7.06. The van der Waals surface area contributed by atoms with Crippen LogP contribution in [-0.2, 0) is 0 Å². The summed E-state index contributed by atoms with van der Waals surface area (Å²) in [5.41, 5.74) is 3.56. The molecular weight excluding hydrogens is 276 g/mol. The summed E-state index contributed by atoms with van der Waals surface area (Å²) in [5, 5.41) is 3.87. The van der Waals surface area contributed by atoms with Gasteiger partial charge in [-0.15, -0.1) is 0 Å². The van der Waals surface area contributed by atoms with Crippen LogP contribution in [0.25, 0.3) is 10.9 Å². The summed E-state index contributed by atoms with van der Waals surface area (Å²) in [7, 11) is 0. The molecule has 0 aliphatic heterocycles. The van der Waals surface area contributed by atoms with E-state index in [9.17, 15) is 9.59 Å². The number of nitrogens with one attached hydrogen (secondary N) is 2. The van der Waals surface area contributed by atoms with Gasteiger partial charge in [-0.05, 0) is 37.6 Å². The second-order valence-corrected chi connectivity index (χ2v) is 5.26. The average Bonchev–Trinajstić information content (AvgIpc) is 2.85. The molecule has 2 N–H and O–H groups in total. The van der Waals surface area contributed by atoms with Gasteiger partial charge in [0.2, 0.25) is 0 Å². The van der Waals surface area contributed by atoms with Crippen molar-refractivity contribution < 1.29 is 9.59 Å². The van der Waals surface area contributed by atoms with E-state index in [-0.39, 0.29) is 11.7 Å². The van der Waals surface area contributed by atoms with Gasteiger partial charge in [-0.1, -0.05) is 30.3 Å². The molecule has 4 nitrogen and oxygen atoms in total. The molecule has 110 valence electrons. The minimum absolute atomic E-state index is 0.0297. The van der Waals surface area contributed by atoms with Crippen molar-refractivity contribution in [3.63, 3.8) is 0 Å². The summed E-state index contributed by atoms with van der Waals surface area (Å²) in [6, 6.07) is 14.7. The lowest BCUT2D eigenvalue weighted by Crippen LogP contribution is -2.13. The molecule has 3 aromatic rings. The summed E-state index contributed by atoms with van der Waals surface area (Å²) in [4.78, 5) is 27.0. The Morgan fingerprint density at radius 3 is 2.55 bits per heavy atom. The number of aryl methyl sites for hydroxylation is 1. The molecule has 0 bridgehead atoms. The first-order valence-corrected chi connectivity index (χ1v) is 7.06. The normalized spacial score (nSPS) is 10.6. The topological polar surface area (TPSA) is 62.0 Å². The molecule has 0 aliphatic rings. The lowest BCUT2D eigenvalue weighted by Gasteiger charge is -2.06. The quantitative estimate of drug-likeness (QED) is 0.718. The largest absolute Gasteiger partial charge is 0.350 e. The Balaban J connectivity index is 1.92. The Kier molecular flexibility index (Phi) is 3.51. The second-order valence-electron chi connectivity index (χ2n) is 5.26. The van der Waals surface area contributed by atoms with Crippen LogP contribution in [-0.4, -0.2) is 16.7 Å². The zero-order chi connectivity index (χ0) is 15.7. The van der Waals surface area contributed by atoms with Crippen LogP contribution in [0.15, 0.2) is 48.5 Å². The SMILES string of the molecule is CC(=O)c1cccc(NC(=O)c2[nH]c3ccccc3c2C)c1. The maximum Gasteiger partial charge on any atom is 0.272 e. The van der Waals surface area contributed by atoms with E-state index in [1.54, 1.807) is 24.3 Å². The number of hydrogen-bond acceptors (Lipinski definition) is 2. The molecule has 2 aromatic carbocycles. The zero-order valence-corrected chi connectivity index (χ0v) is 12.4. The van der Waals surface area contributed by atoms with E-state index in [0.29, 0.717) is 16.9 Å². The molecule has 22 heavy (non-hydrogen) atoms. The first kappa shape index (κ1) is 14.1. The molecular formula is C18H16N2O2. The van der Waals surface area contributed by atoms with Gasteiger partial charge in [0, 0.05) is 22.2 Å². The lowest BCUT2D eigenvalue weighted by atomic mass is 10.1. The van der Waals surface area contributed by atoms with Crippen LogP contribution in [0, 0.1) is 6.92 Å². The number of para-hydroxylation sites is 1. The summed E-state index contributed by atoms with van der Waals surface area (Å²) in [6.45, 7) is 3.42. The number of carbonyl (C=O) groups is 2. The number of amides is 1. The number of rotatable bonds is 3. The van der Waals surface area contributed by atoms with Gasteiger partial charge in [-0.2, -0.15) is 0 Å². The number of benzene rings is 2. The van der Waals surface area contributed by atoms with Crippen molar-refractivity contribution in [2.24, 2.45) is 0 Å². The van der Waals surface area contributed by atoms with Gasteiger partial charge in [-0.3, -0.25) is 9.59 Å². The fourth-order valence-electron chi connectivity index (χ4n) is 2.52. The molecule has 0 unspecified atom stereocenters. The smallest absolute Gasteiger partial charge is 0.272 e. The van der Waals surface area contributed by atoms with Crippen molar-refractivity contribution in [2.45, 2.75) is 13.8 Å². The Labute approximate surface area is 128 Å². The second kappa shape index (κ2) is 5.48. The molecule has 0 saturated heterocycles. The highest BCUT2D eigenvalue weighted by Gasteiger charge is 2.14. The molecule has 0 atom stereocenters. The lowest BCUT2D eigenvalue weighted by molar-refractivity contribution is 0.100. The molecule has 0 aliphatic carbocycles. The van der Waals surface area contributed by atoms with Gasteiger partial charge in [0.25, 0.3) is 5.91 Å². The van der Waals surface area contributed by atoms with Crippen molar-refractivity contribution >= 4 is 28.3 Å². The number of carbonyl (C=O) groups excluding carboxylic acids is 2. The highest BCUT2D eigenvalue weighted by Crippen LogP contribution is 2.22. The van der Waals surface area contributed by atoms with Crippen LogP contribution in [0.5, 0.6) is 0 Å². The van der Waals surface area contributed by atoms with Gasteiger partial charge in [0.15, 0.2) is 5.78 Å². The minimum Gasteiger partial charge on any atom is -0.350 e. The van der Waals surface area contributed by atoms with E-state index in [0.717, 1.165) is 16.5 Å². The van der Waals surface area contributed by atoms with Crippen molar-refractivity contribution in [3.8, 4) is 0 Å². The molecule has 0 radical (unpaired) electrons. The highest BCUT2D eigenvalue weighted by molar-refractivity contribution is 6.08. The fourth-order valence-corrected chi connectivity index (χ4v) is 2.52. The van der Waals surface area contributed by atoms with Crippen molar-refractivity contribution in [3.05, 3.63) is 65.4 Å². The van der Waals surface area contributed by atoms with E-state index in [1.807, 2.05) is 31.2 Å². The van der Waals surface area contributed by atoms with Crippen LogP contribution < -0.4 is 5.32 Å². The molecule has 0 saturated carbocycles. The van der Waals surface area contributed by atoms with E-state index >= 15 is 0 Å². The minimum atomic E-state index is -0.214. The maximum atomic E-state index is 12.5. The summed E-state index contributed by atoms with van der Waals surface area (Å²) in [6.07, 6.45) is 0. The third kappa shape index (κ3) is 2.51. The van der Waals surface area contributed by atoms with Gasteiger partial charge >= 0.3 is 0 Å². The molecule has 3 rings (SSSR count). The summed E-state index contributed by atoms with van der Waals surface area (Å²) < 4.78 is 0. The highest BCUT2D eigenvalue weighted by atomic mass is 16.2. The Bertz CT molecular complexity index is 878. The number of fused-ring (bicyclic) bond motifs is 1. The van der Waals surface area contributed by atoms with E-state index in [4.69, 9.17) is 0 Å². The summed E-state index contributed by atoms with van der Waals surface area (Å²) in [5.74, 6) is -0.243. The van der Waals surface area contributed by atoms with Gasteiger partial charge in [-0.25, -0.2) is 0 Å². The number of Topliss-reactive ketones (excluding diaryl/α,β-unsaturated/α-hetero) is 1. The third-order valence-electron chi connectivity index (χ3n) is 3.72. The Morgan fingerprint density at radius 2 is 1.82 bits per heavy atom. The van der Waals surface area contributed by atoms with Crippen LogP contribution in [0.2, 0.25) is 0 Å². The number of aromatic amines is 1. The zero-order valence-electron chi connectivity index (χ0n) is 12.4. The molecule has 1 heterocycles. The molecule has 0 spiro atoms. The number of aromatic nitrogens is 1. The van der Waals surface area contributed by atoms with Crippen LogP contribution in [0.1, 0.15) is 33.3 Å². The van der Waals surface area contributed by atoms with E-state index in [2.05, 4.69) is 10.3 Å². The predicted octanol–water partition coefficient (Wildman–Crippen LogP) is 3.93. The average molecular weight is 292 g/mol. The number of anilines is 1. The van der Waals surface area contributed by atoms with Gasteiger partial charge < -0.3 is 10.3 Å². The molecule has 4 heteroatoms. The molecule has 1 aromatic heterocycles. The van der Waals surface area contributed by atoms with Crippen molar-refractivity contribution in [1.82, 2.24) is 4.98 Å². The van der Waals surface area contributed by atoms with Crippen LogP contribution >= 0.6 is 0 Å². The standard InChI is InChI=1S/C18H16N2O2/c1-11-15-8-3-4-9-16(15)20-17(11)18(22)19-14-7-5-6-13(10-14)12(2)21/h3-10,20H,1-2H3,(H,19,22). The van der Waals surface area contributed by atoms with Crippen LogP contribution in [0.4, 0.5) is 5.69 Å².